The quantitative estimate of drug-likeness (QED) is 0.477. The fourth-order valence-electron chi connectivity index (χ4n) is 3.28. The van der Waals surface area contributed by atoms with Crippen LogP contribution in [0, 0.1) is 0 Å². The van der Waals surface area contributed by atoms with Gasteiger partial charge in [0, 0.05) is 16.7 Å². The molecule has 0 amide bonds. The van der Waals surface area contributed by atoms with E-state index in [-0.39, 0.29) is 6.04 Å². The molecule has 1 atom stereocenters. The standard InChI is InChI=1S/C24H18N2O2/c1-3-7-19(8-4-1)23-25-21(15-27-23)17-11-13-18(14-12-17)22-16-28-24(26-22)20-9-5-2-6-10-20/h1-15,22H,16H2. The summed E-state index contributed by atoms with van der Waals surface area (Å²) in [5.41, 5.74) is 4.94. The second kappa shape index (κ2) is 7.16. The van der Waals surface area contributed by atoms with E-state index in [1.165, 1.54) is 0 Å². The lowest BCUT2D eigenvalue weighted by molar-refractivity contribution is 0.320. The molecule has 136 valence electrons. The Bertz CT molecular complexity index is 1100. The van der Waals surface area contributed by atoms with E-state index in [9.17, 15) is 0 Å². The molecule has 1 aliphatic rings. The Morgan fingerprint density at radius 1 is 0.714 bits per heavy atom. The van der Waals surface area contributed by atoms with Crippen LogP contribution in [0.15, 0.2) is 101 Å². The molecular weight excluding hydrogens is 348 g/mol. The molecule has 28 heavy (non-hydrogen) atoms. The normalized spacial score (nSPS) is 15.9. The molecule has 0 saturated carbocycles. The van der Waals surface area contributed by atoms with Crippen molar-refractivity contribution in [3.05, 3.63) is 102 Å². The lowest BCUT2D eigenvalue weighted by Gasteiger charge is -2.05. The van der Waals surface area contributed by atoms with Crippen LogP contribution in [-0.4, -0.2) is 17.5 Å². The summed E-state index contributed by atoms with van der Waals surface area (Å²) in [5.74, 6) is 1.33. The predicted octanol–water partition coefficient (Wildman–Crippen LogP) is 5.53. The number of aromatic nitrogens is 1. The molecule has 0 fully saturated rings. The molecule has 0 aliphatic carbocycles. The molecular formula is C24H18N2O2. The third-order valence-electron chi connectivity index (χ3n) is 4.79. The molecule has 4 aromatic rings. The number of rotatable bonds is 4. The molecule has 1 aromatic heterocycles. The van der Waals surface area contributed by atoms with Crippen molar-refractivity contribution in [2.45, 2.75) is 6.04 Å². The van der Waals surface area contributed by atoms with Crippen molar-refractivity contribution in [3.63, 3.8) is 0 Å². The fourth-order valence-corrected chi connectivity index (χ4v) is 3.28. The smallest absolute Gasteiger partial charge is 0.226 e. The molecule has 4 heteroatoms. The van der Waals surface area contributed by atoms with Gasteiger partial charge in [-0.15, -0.1) is 0 Å². The largest absolute Gasteiger partial charge is 0.475 e. The highest BCUT2D eigenvalue weighted by Crippen LogP contribution is 2.29. The minimum Gasteiger partial charge on any atom is -0.475 e. The van der Waals surface area contributed by atoms with Gasteiger partial charge in [0.05, 0.1) is 0 Å². The van der Waals surface area contributed by atoms with Gasteiger partial charge in [-0.25, -0.2) is 9.98 Å². The monoisotopic (exact) mass is 366 g/mol. The number of nitrogens with zero attached hydrogens (tertiary/aromatic N) is 2. The van der Waals surface area contributed by atoms with Crippen LogP contribution in [0.25, 0.3) is 22.7 Å². The average molecular weight is 366 g/mol. The van der Waals surface area contributed by atoms with Gasteiger partial charge in [0.2, 0.25) is 11.8 Å². The van der Waals surface area contributed by atoms with Crippen molar-refractivity contribution >= 4 is 5.90 Å². The topological polar surface area (TPSA) is 47.6 Å². The van der Waals surface area contributed by atoms with Gasteiger partial charge in [-0.3, -0.25) is 0 Å². The Labute approximate surface area is 163 Å². The Kier molecular flexibility index (Phi) is 4.22. The summed E-state index contributed by atoms with van der Waals surface area (Å²) >= 11 is 0. The van der Waals surface area contributed by atoms with Crippen LogP contribution in [0.5, 0.6) is 0 Å². The van der Waals surface area contributed by atoms with Crippen molar-refractivity contribution < 1.29 is 9.15 Å². The van der Waals surface area contributed by atoms with Gasteiger partial charge in [-0.1, -0.05) is 60.7 Å². The van der Waals surface area contributed by atoms with Crippen molar-refractivity contribution in [1.29, 1.82) is 0 Å². The van der Waals surface area contributed by atoms with Crippen LogP contribution in [0.1, 0.15) is 17.2 Å². The van der Waals surface area contributed by atoms with Gasteiger partial charge in [-0.2, -0.15) is 0 Å². The van der Waals surface area contributed by atoms with Crippen LogP contribution < -0.4 is 0 Å². The average Bonchev–Trinajstić information content (AvgIpc) is 3.46. The number of ether oxygens (including phenoxy) is 1. The summed E-state index contributed by atoms with van der Waals surface area (Å²) in [6, 6.07) is 28.2. The number of hydrogen-bond acceptors (Lipinski definition) is 4. The minimum atomic E-state index is 0.0152. The lowest BCUT2D eigenvalue weighted by atomic mass is 10.0. The first kappa shape index (κ1) is 16.5. The van der Waals surface area contributed by atoms with Crippen LogP contribution >= 0.6 is 0 Å². The maximum absolute atomic E-state index is 5.80. The highest BCUT2D eigenvalue weighted by Gasteiger charge is 2.21. The van der Waals surface area contributed by atoms with Gasteiger partial charge >= 0.3 is 0 Å². The Morgan fingerprint density at radius 2 is 1.39 bits per heavy atom. The first-order valence-corrected chi connectivity index (χ1v) is 9.24. The molecule has 0 bridgehead atoms. The van der Waals surface area contributed by atoms with Crippen LogP contribution in [0.2, 0.25) is 0 Å². The summed E-state index contributed by atoms with van der Waals surface area (Å²) < 4.78 is 11.4. The van der Waals surface area contributed by atoms with E-state index in [0.29, 0.717) is 18.4 Å². The number of benzene rings is 3. The predicted molar refractivity (Wildman–Crippen MR) is 109 cm³/mol. The Hall–Kier alpha value is -3.66. The number of oxazole rings is 1. The summed E-state index contributed by atoms with van der Waals surface area (Å²) in [5, 5.41) is 0. The molecule has 1 aliphatic heterocycles. The number of aliphatic imine (C=N–C) groups is 1. The SMILES string of the molecule is c1ccc(C2=NC(c3ccc(-c4coc(-c5ccccc5)n4)cc3)CO2)cc1. The third-order valence-corrected chi connectivity index (χ3v) is 4.79. The van der Waals surface area contributed by atoms with Gasteiger partial charge < -0.3 is 9.15 Å². The van der Waals surface area contributed by atoms with Gasteiger partial charge in [0.25, 0.3) is 0 Å². The van der Waals surface area contributed by atoms with Gasteiger partial charge in [0.15, 0.2) is 0 Å². The first-order chi connectivity index (χ1) is 13.9. The Balaban J connectivity index is 1.36. The molecule has 5 rings (SSSR count). The van der Waals surface area contributed by atoms with Gasteiger partial charge in [0.1, 0.15) is 24.6 Å². The van der Waals surface area contributed by atoms with Gasteiger partial charge in [-0.05, 0) is 29.8 Å². The molecule has 0 N–H and O–H groups in total. The molecule has 1 unspecified atom stereocenters. The maximum atomic E-state index is 5.80. The third kappa shape index (κ3) is 3.21. The van der Waals surface area contributed by atoms with Crippen molar-refractivity contribution in [2.75, 3.05) is 6.61 Å². The first-order valence-electron chi connectivity index (χ1n) is 9.24. The van der Waals surface area contributed by atoms with Crippen molar-refractivity contribution in [1.82, 2.24) is 4.98 Å². The summed E-state index contributed by atoms with van der Waals surface area (Å²) in [6.45, 7) is 0.561. The van der Waals surface area contributed by atoms with Crippen molar-refractivity contribution in [3.8, 4) is 22.7 Å². The lowest BCUT2D eigenvalue weighted by Crippen LogP contribution is -2.00. The molecule has 4 nitrogen and oxygen atoms in total. The summed E-state index contributed by atoms with van der Waals surface area (Å²) in [6.07, 6.45) is 1.70. The van der Waals surface area contributed by atoms with Crippen LogP contribution in [-0.2, 0) is 4.74 Å². The zero-order chi connectivity index (χ0) is 18.8. The Morgan fingerprint density at radius 3 is 2.11 bits per heavy atom. The van der Waals surface area contributed by atoms with E-state index in [1.54, 1.807) is 6.26 Å². The molecule has 0 saturated heterocycles. The van der Waals surface area contributed by atoms with E-state index < -0.39 is 0 Å². The van der Waals surface area contributed by atoms with Crippen LogP contribution in [0.3, 0.4) is 0 Å². The van der Waals surface area contributed by atoms with E-state index in [0.717, 1.165) is 27.9 Å². The van der Waals surface area contributed by atoms with E-state index in [1.807, 2.05) is 60.7 Å². The summed E-state index contributed by atoms with van der Waals surface area (Å²) in [7, 11) is 0. The van der Waals surface area contributed by atoms with Crippen molar-refractivity contribution in [2.24, 2.45) is 4.99 Å². The van der Waals surface area contributed by atoms with E-state index >= 15 is 0 Å². The second-order valence-electron chi connectivity index (χ2n) is 6.65. The minimum absolute atomic E-state index is 0.0152. The highest BCUT2D eigenvalue weighted by molar-refractivity contribution is 5.95. The maximum Gasteiger partial charge on any atom is 0.226 e. The zero-order valence-corrected chi connectivity index (χ0v) is 15.2. The highest BCUT2D eigenvalue weighted by atomic mass is 16.5. The van der Waals surface area contributed by atoms with E-state index in [2.05, 4.69) is 29.2 Å². The molecule has 3 aromatic carbocycles. The zero-order valence-electron chi connectivity index (χ0n) is 15.2. The van der Waals surface area contributed by atoms with E-state index in [4.69, 9.17) is 14.1 Å². The summed E-state index contributed by atoms with van der Waals surface area (Å²) in [4.78, 5) is 9.35. The molecule has 0 spiro atoms. The molecule has 0 radical (unpaired) electrons. The second-order valence-corrected chi connectivity index (χ2v) is 6.65. The molecule has 2 heterocycles. The fraction of sp³-hybridized carbons (Fsp3) is 0.0833. The van der Waals surface area contributed by atoms with Crippen LogP contribution in [0.4, 0.5) is 0 Å². The number of hydrogen-bond donors (Lipinski definition) is 0.